The summed E-state index contributed by atoms with van der Waals surface area (Å²) >= 11 is 0. The van der Waals surface area contributed by atoms with E-state index in [1.54, 1.807) is 52.8 Å². The fraction of sp³-hybridized carbons (Fsp3) is 0.615. The zero-order chi connectivity index (χ0) is 27.9. The number of alkyl carbamates (subject to hydrolysis) is 1. The number of para-hydroxylation sites is 1. The van der Waals surface area contributed by atoms with Gasteiger partial charge in [0.15, 0.2) is 0 Å². The van der Waals surface area contributed by atoms with Gasteiger partial charge in [0, 0.05) is 18.2 Å². The van der Waals surface area contributed by atoms with Gasteiger partial charge in [-0.15, -0.1) is 0 Å². The maximum Gasteiger partial charge on any atom is 0.408 e. The van der Waals surface area contributed by atoms with E-state index in [1.807, 2.05) is 6.92 Å². The fourth-order valence-electron chi connectivity index (χ4n) is 3.92. The number of aliphatic hydroxyl groups is 1. The Hall–Kier alpha value is -3.34. The molecule has 0 spiro atoms. The average molecular weight is 522 g/mol. The number of carbonyl (C=O) groups is 4. The lowest BCUT2D eigenvalue weighted by atomic mass is 9.99. The molecule has 0 saturated heterocycles. The van der Waals surface area contributed by atoms with E-state index in [2.05, 4.69) is 10.6 Å². The molecule has 4 atom stereocenters. The van der Waals surface area contributed by atoms with E-state index in [4.69, 9.17) is 9.47 Å². The van der Waals surface area contributed by atoms with Crippen LogP contribution < -0.4 is 10.6 Å². The molecule has 2 rings (SSSR count). The average Bonchev–Trinajstić information content (AvgIpc) is 3.52. The number of amides is 3. The highest BCUT2D eigenvalue weighted by molar-refractivity contribution is 5.93. The van der Waals surface area contributed by atoms with Gasteiger partial charge in [0.25, 0.3) is 0 Å². The number of esters is 1. The van der Waals surface area contributed by atoms with Crippen molar-refractivity contribution in [3.05, 3.63) is 29.3 Å². The van der Waals surface area contributed by atoms with Gasteiger partial charge in [0.2, 0.25) is 11.8 Å². The van der Waals surface area contributed by atoms with Crippen molar-refractivity contribution in [3.63, 3.8) is 0 Å². The minimum absolute atomic E-state index is 0.0391. The molecule has 1 aromatic carbocycles. The normalized spacial score (nSPS) is 18.2. The third kappa shape index (κ3) is 8.34. The molecule has 1 saturated carbocycles. The molecule has 3 amide bonds. The molecule has 11 heteroatoms. The first kappa shape index (κ1) is 29.9. The van der Waals surface area contributed by atoms with Gasteiger partial charge in [-0.05, 0) is 52.5 Å². The molecule has 0 aliphatic heterocycles. The Kier molecular flexibility index (Phi) is 10.3. The number of phenols is 1. The number of rotatable bonds is 11. The molecular weight excluding hydrogens is 482 g/mol. The number of aromatic hydroxyl groups is 1. The van der Waals surface area contributed by atoms with Crippen LogP contribution in [0.15, 0.2) is 18.2 Å². The van der Waals surface area contributed by atoms with Crippen molar-refractivity contribution in [2.24, 2.45) is 5.92 Å². The monoisotopic (exact) mass is 521 g/mol. The number of nitrogens with zero attached hydrogens (tertiary/aromatic N) is 1. The Morgan fingerprint density at radius 1 is 1.22 bits per heavy atom. The Morgan fingerprint density at radius 3 is 2.41 bits per heavy atom. The highest BCUT2D eigenvalue weighted by atomic mass is 16.6. The maximum absolute atomic E-state index is 13.7. The lowest BCUT2D eigenvalue weighted by molar-refractivity contribution is -0.145. The van der Waals surface area contributed by atoms with Crippen LogP contribution >= 0.6 is 0 Å². The van der Waals surface area contributed by atoms with Crippen LogP contribution in [-0.2, 0) is 23.9 Å². The summed E-state index contributed by atoms with van der Waals surface area (Å²) in [6.45, 7) is 9.69. The van der Waals surface area contributed by atoms with Crippen LogP contribution in [0.4, 0.5) is 4.79 Å². The molecule has 0 heterocycles. The molecule has 11 nitrogen and oxygen atoms in total. The van der Waals surface area contributed by atoms with Crippen molar-refractivity contribution < 1.29 is 38.9 Å². The van der Waals surface area contributed by atoms with Gasteiger partial charge in [0.1, 0.15) is 23.4 Å². The molecule has 4 N–H and O–H groups in total. The molecule has 0 bridgehead atoms. The second-order valence-electron chi connectivity index (χ2n) is 10.2. The van der Waals surface area contributed by atoms with Gasteiger partial charge < -0.3 is 35.2 Å². The Bertz CT molecular complexity index is 991. The van der Waals surface area contributed by atoms with Crippen LogP contribution in [0.2, 0.25) is 0 Å². The van der Waals surface area contributed by atoms with Gasteiger partial charge in [0.05, 0.1) is 19.6 Å². The van der Waals surface area contributed by atoms with Crippen LogP contribution in [-0.4, -0.2) is 76.4 Å². The predicted molar refractivity (Wildman–Crippen MR) is 135 cm³/mol. The van der Waals surface area contributed by atoms with Crippen LogP contribution in [0.5, 0.6) is 5.75 Å². The smallest absolute Gasteiger partial charge is 0.408 e. The molecule has 1 aromatic rings. The fourth-order valence-corrected chi connectivity index (χ4v) is 3.92. The minimum Gasteiger partial charge on any atom is -0.507 e. The second-order valence-corrected chi connectivity index (χ2v) is 10.2. The predicted octanol–water partition coefficient (Wildman–Crippen LogP) is 1.93. The topological polar surface area (TPSA) is 154 Å². The minimum atomic E-state index is -1.38. The van der Waals surface area contributed by atoms with E-state index in [0.29, 0.717) is 12.0 Å². The Morgan fingerprint density at radius 2 is 1.86 bits per heavy atom. The summed E-state index contributed by atoms with van der Waals surface area (Å²) < 4.78 is 10.1. The summed E-state index contributed by atoms with van der Waals surface area (Å²) in [5.74, 6) is -1.91. The van der Waals surface area contributed by atoms with Crippen LogP contribution in [0.25, 0.3) is 0 Å². The van der Waals surface area contributed by atoms with E-state index >= 15 is 0 Å². The lowest BCUT2D eigenvalue weighted by Crippen LogP contribution is -2.55. The summed E-state index contributed by atoms with van der Waals surface area (Å²) in [6, 6.07) is 1.83. The standard InChI is InChI=1S/C26H39N3O8/c1-7-36-20(31)11-12-27-23(33)21(17-10-8-9-15(2)22(17)32)29(19-13-16(19)3)24(34)18(14-30)28-25(35)37-26(4,5)6/h8-10,16,18-19,21,30,32H,7,11-14H2,1-6H3,(H,27,33)(H,28,35). The van der Waals surface area contributed by atoms with Gasteiger partial charge >= 0.3 is 12.1 Å². The highest BCUT2D eigenvalue weighted by Gasteiger charge is 2.48. The first-order valence-corrected chi connectivity index (χ1v) is 12.4. The molecule has 1 fully saturated rings. The lowest BCUT2D eigenvalue weighted by Gasteiger charge is -2.35. The largest absolute Gasteiger partial charge is 0.507 e. The van der Waals surface area contributed by atoms with Crippen molar-refractivity contribution in [2.45, 2.75) is 78.1 Å². The number of hydrogen-bond donors (Lipinski definition) is 4. The van der Waals surface area contributed by atoms with Crippen molar-refractivity contribution in [2.75, 3.05) is 19.8 Å². The summed E-state index contributed by atoms with van der Waals surface area (Å²) in [6.07, 6.45) is -0.368. The molecule has 0 aromatic heterocycles. The van der Waals surface area contributed by atoms with Gasteiger partial charge in [-0.25, -0.2) is 4.79 Å². The van der Waals surface area contributed by atoms with Gasteiger partial charge in [-0.1, -0.05) is 25.1 Å². The van der Waals surface area contributed by atoms with E-state index in [9.17, 15) is 29.4 Å². The van der Waals surface area contributed by atoms with Crippen molar-refractivity contribution in [1.82, 2.24) is 15.5 Å². The Balaban J connectivity index is 2.41. The van der Waals surface area contributed by atoms with Gasteiger partial charge in [-0.3, -0.25) is 14.4 Å². The number of benzene rings is 1. The van der Waals surface area contributed by atoms with E-state index in [1.165, 1.54) is 4.90 Å². The van der Waals surface area contributed by atoms with E-state index < -0.39 is 48.2 Å². The summed E-state index contributed by atoms with van der Waals surface area (Å²) in [5, 5.41) is 25.9. The Labute approximate surface area is 217 Å². The number of phenolic OH excluding ortho intramolecular Hbond substituents is 1. The maximum atomic E-state index is 13.7. The number of aryl methyl sites for hydroxylation is 1. The highest BCUT2D eigenvalue weighted by Crippen LogP contribution is 2.42. The molecule has 1 aliphatic carbocycles. The van der Waals surface area contributed by atoms with E-state index in [0.717, 1.165) is 0 Å². The number of ether oxygens (including phenoxy) is 2. The molecule has 0 radical (unpaired) electrons. The van der Waals surface area contributed by atoms with Gasteiger partial charge in [-0.2, -0.15) is 0 Å². The van der Waals surface area contributed by atoms with Crippen LogP contribution in [0, 0.1) is 12.8 Å². The zero-order valence-corrected chi connectivity index (χ0v) is 22.4. The first-order valence-electron chi connectivity index (χ1n) is 12.4. The van der Waals surface area contributed by atoms with E-state index in [-0.39, 0.29) is 42.8 Å². The molecule has 206 valence electrons. The van der Waals surface area contributed by atoms with Crippen molar-refractivity contribution in [1.29, 1.82) is 0 Å². The quantitative estimate of drug-likeness (QED) is 0.322. The third-order valence-corrected chi connectivity index (χ3v) is 5.87. The third-order valence-electron chi connectivity index (χ3n) is 5.87. The second kappa shape index (κ2) is 12.8. The van der Waals surface area contributed by atoms with Crippen LogP contribution in [0.3, 0.4) is 0 Å². The van der Waals surface area contributed by atoms with Crippen LogP contribution in [0.1, 0.15) is 64.6 Å². The van der Waals surface area contributed by atoms with Crippen molar-refractivity contribution >= 4 is 23.9 Å². The number of hydrogen-bond acceptors (Lipinski definition) is 8. The number of carbonyl (C=O) groups excluding carboxylic acids is 4. The summed E-state index contributed by atoms with van der Waals surface area (Å²) in [4.78, 5) is 52.7. The summed E-state index contributed by atoms with van der Waals surface area (Å²) in [7, 11) is 0. The zero-order valence-electron chi connectivity index (χ0n) is 22.4. The summed E-state index contributed by atoms with van der Waals surface area (Å²) in [5.41, 5.74) is -0.134. The number of nitrogens with one attached hydrogen (secondary N) is 2. The van der Waals surface area contributed by atoms with Crippen molar-refractivity contribution in [3.8, 4) is 5.75 Å². The molecular formula is C26H39N3O8. The first-order chi connectivity index (χ1) is 17.3. The molecule has 1 aliphatic rings. The molecule has 4 unspecified atom stereocenters. The number of aliphatic hydroxyl groups excluding tert-OH is 1. The molecule has 37 heavy (non-hydrogen) atoms. The SMILES string of the molecule is CCOC(=O)CCNC(=O)C(c1cccc(C)c1O)N(C(=O)C(CO)NC(=O)OC(C)(C)C)C1CC1C.